The average Bonchev–Trinajstić information content (AvgIpc) is 2.12. The molecule has 1 atom stereocenters. The molecule has 0 radical (unpaired) electrons. The van der Waals surface area contributed by atoms with E-state index in [4.69, 9.17) is 16.3 Å². The molecule has 0 amide bonds. The standard InChI is InChI=1S/C16H23ClO/c1-10-8-11(2)13-12(9-10)18-15(5,6)16(7,17)14(13,3)4/h8-9H,1-7H3. The molecule has 0 aliphatic carbocycles. The summed E-state index contributed by atoms with van der Waals surface area (Å²) in [4.78, 5) is -0.451. The van der Waals surface area contributed by atoms with Crippen LogP contribution in [0, 0.1) is 13.8 Å². The monoisotopic (exact) mass is 266 g/mol. The van der Waals surface area contributed by atoms with Crippen LogP contribution in [0.1, 0.15) is 51.3 Å². The summed E-state index contributed by atoms with van der Waals surface area (Å²) >= 11 is 6.87. The Morgan fingerprint density at radius 1 is 1.00 bits per heavy atom. The third-order valence-electron chi connectivity index (χ3n) is 4.74. The molecule has 2 rings (SSSR count). The van der Waals surface area contributed by atoms with Crippen LogP contribution in [0.3, 0.4) is 0 Å². The van der Waals surface area contributed by atoms with Gasteiger partial charge < -0.3 is 4.74 Å². The molecular weight excluding hydrogens is 244 g/mol. The van der Waals surface area contributed by atoms with Gasteiger partial charge in [-0.05, 0) is 51.8 Å². The molecular formula is C16H23ClO. The number of alkyl halides is 1. The van der Waals surface area contributed by atoms with E-state index in [2.05, 4.69) is 60.6 Å². The molecule has 1 aromatic rings. The summed E-state index contributed by atoms with van der Waals surface area (Å²) in [6.07, 6.45) is 0. The number of rotatable bonds is 0. The molecule has 100 valence electrons. The fourth-order valence-electron chi connectivity index (χ4n) is 3.17. The predicted molar refractivity (Wildman–Crippen MR) is 77.9 cm³/mol. The zero-order valence-electron chi connectivity index (χ0n) is 12.4. The quantitative estimate of drug-likeness (QED) is 0.616. The number of hydrogen-bond donors (Lipinski definition) is 0. The molecule has 0 aromatic heterocycles. The Kier molecular flexibility index (Phi) is 2.79. The van der Waals surface area contributed by atoms with Crippen LogP contribution < -0.4 is 4.74 Å². The minimum atomic E-state index is -0.451. The van der Waals surface area contributed by atoms with Crippen molar-refractivity contribution in [3.8, 4) is 5.75 Å². The minimum absolute atomic E-state index is 0.135. The van der Waals surface area contributed by atoms with E-state index >= 15 is 0 Å². The number of hydrogen-bond acceptors (Lipinski definition) is 1. The van der Waals surface area contributed by atoms with Gasteiger partial charge in [0.05, 0.1) is 4.87 Å². The molecule has 0 bridgehead atoms. The first-order chi connectivity index (χ1) is 8.00. The molecule has 1 heterocycles. The van der Waals surface area contributed by atoms with Crippen molar-refractivity contribution in [1.29, 1.82) is 0 Å². The first kappa shape index (κ1) is 13.7. The molecule has 0 fully saturated rings. The van der Waals surface area contributed by atoms with Gasteiger partial charge in [-0.2, -0.15) is 0 Å². The second kappa shape index (κ2) is 3.66. The van der Waals surface area contributed by atoms with Crippen LogP contribution in [0.15, 0.2) is 12.1 Å². The lowest BCUT2D eigenvalue weighted by atomic mass is 9.64. The molecule has 2 heteroatoms. The summed E-state index contributed by atoms with van der Waals surface area (Å²) in [5.41, 5.74) is 3.20. The van der Waals surface area contributed by atoms with Crippen molar-refractivity contribution in [2.75, 3.05) is 0 Å². The maximum Gasteiger partial charge on any atom is 0.124 e. The highest BCUT2D eigenvalue weighted by molar-refractivity contribution is 6.25. The fourth-order valence-corrected chi connectivity index (χ4v) is 3.30. The van der Waals surface area contributed by atoms with Gasteiger partial charge in [0.25, 0.3) is 0 Å². The lowest BCUT2D eigenvalue weighted by Crippen LogP contribution is -2.61. The van der Waals surface area contributed by atoms with Gasteiger partial charge in [-0.15, -0.1) is 11.6 Å². The SMILES string of the molecule is Cc1cc(C)c2c(c1)OC(C)(C)C(C)(Cl)C2(C)C. The molecule has 0 spiro atoms. The fraction of sp³-hybridized carbons (Fsp3) is 0.625. The van der Waals surface area contributed by atoms with Crippen molar-refractivity contribution in [2.24, 2.45) is 0 Å². The van der Waals surface area contributed by atoms with Crippen molar-refractivity contribution in [3.63, 3.8) is 0 Å². The highest BCUT2D eigenvalue weighted by Crippen LogP contribution is 2.55. The molecule has 1 aliphatic rings. The highest BCUT2D eigenvalue weighted by atomic mass is 35.5. The lowest BCUT2D eigenvalue weighted by molar-refractivity contribution is 0.0129. The van der Waals surface area contributed by atoms with Crippen molar-refractivity contribution in [1.82, 2.24) is 0 Å². The molecule has 0 N–H and O–H groups in total. The summed E-state index contributed by atoms with van der Waals surface area (Å²) in [6.45, 7) is 14.9. The van der Waals surface area contributed by atoms with Crippen LogP contribution in [0.2, 0.25) is 0 Å². The Morgan fingerprint density at radius 3 is 2.11 bits per heavy atom. The van der Waals surface area contributed by atoms with Crippen LogP contribution in [-0.2, 0) is 5.41 Å². The number of halogens is 1. The smallest absolute Gasteiger partial charge is 0.124 e. The first-order valence-electron chi connectivity index (χ1n) is 6.50. The first-order valence-corrected chi connectivity index (χ1v) is 6.88. The van der Waals surface area contributed by atoms with E-state index in [1.165, 1.54) is 16.7 Å². The van der Waals surface area contributed by atoms with E-state index in [1.54, 1.807) is 0 Å². The van der Waals surface area contributed by atoms with Crippen molar-refractivity contribution >= 4 is 11.6 Å². The second-order valence-electron chi connectivity index (χ2n) is 6.70. The van der Waals surface area contributed by atoms with E-state index in [-0.39, 0.29) is 5.41 Å². The van der Waals surface area contributed by atoms with Gasteiger partial charge in [0.1, 0.15) is 11.4 Å². The normalized spacial score (nSPS) is 28.4. The zero-order chi connectivity index (χ0) is 13.9. The Balaban J connectivity index is 2.77. The van der Waals surface area contributed by atoms with Gasteiger partial charge in [-0.25, -0.2) is 0 Å². The maximum absolute atomic E-state index is 6.87. The van der Waals surface area contributed by atoms with Crippen molar-refractivity contribution in [3.05, 3.63) is 28.8 Å². The predicted octanol–water partition coefficient (Wildman–Crippen LogP) is 4.75. The third-order valence-corrected chi connectivity index (χ3v) is 5.67. The molecule has 1 aliphatic heterocycles. The molecule has 0 saturated heterocycles. The summed E-state index contributed by atoms with van der Waals surface area (Å²) in [5, 5.41) is 0. The topological polar surface area (TPSA) is 9.23 Å². The molecule has 1 aromatic carbocycles. The van der Waals surface area contributed by atoms with E-state index < -0.39 is 10.5 Å². The van der Waals surface area contributed by atoms with Crippen LogP contribution in [0.4, 0.5) is 0 Å². The summed E-state index contributed by atoms with van der Waals surface area (Å²) < 4.78 is 6.20. The van der Waals surface area contributed by atoms with Gasteiger partial charge >= 0.3 is 0 Å². The second-order valence-corrected chi connectivity index (χ2v) is 7.45. The van der Waals surface area contributed by atoms with Gasteiger partial charge in [0.2, 0.25) is 0 Å². The highest BCUT2D eigenvalue weighted by Gasteiger charge is 2.57. The van der Waals surface area contributed by atoms with Crippen molar-refractivity contribution < 1.29 is 4.74 Å². The summed E-state index contributed by atoms with van der Waals surface area (Å²) in [5.74, 6) is 0.987. The molecule has 1 unspecified atom stereocenters. The zero-order valence-corrected chi connectivity index (χ0v) is 13.2. The number of aryl methyl sites for hydroxylation is 2. The average molecular weight is 267 g/mol. The van der Waals surface area contributed by atoms with Gasteiger partial charge in [-0.1, -0.05) is 19.9 Å². The molecule has 18 heavy (non-hydrogen) atoms. The Morgan fingerprint density at radius 2 is 1.56 bits per heavy atom. The Hall–Kier alpha value is -0.690. The minimum Gasteiger partial charge on any atom is -0.486 e. The van der Waals surface area contributed by atoms with Crippen molar-refractivity contribution in [2.45, 2.75) is 64.4 Å². The Labute approximate surface area is 115 Å². The van der Waals surface area contributed by atoms with Crippen LogP contribution in [-0.4, -0.2) is 10.5 Å². The van der Waals surface area contributed by atoms with E-state index in [0.717, 1.165) is 5.75 Å². The number of benzene rings is 1. The van der Waals surface area contributed by atoms with Crippen LogP contribution in [0.5, 0.6) is 5.75 Å². The van der Waals surface area contributed by atoms with Gasteiger partial charge in [-0.3, -0.25) is 0 Å². The van der Waals surface area contributed by atoms with Gasteiger partial charge in [0, 0.05) is 11.0 Å². The number of fused-ring (bicyclic) bond motifs is 1. The molecule has 1 nitrogen and oxygen atoms in total. The Bertz CT molecular complexity index is 498. The van der Waals surface area contributed by atoms with Gasteiger partial charge in [0.15, 0.2) is 0 Å². The third kappa shape index (κ3) is 1.60. The van der Waals surface area contributed by atoms with E-state index in [0.29, 0.717) is 0 Å². The number of ether oxygens (including phenoxy) is 1. The molecule has 0 saturated carbocycles. The summed E-state index contributed by atoms with van der Waals surface area (Å²) in [6, 6.07) is 4.33. The van der Waals surface area contributed by atoms with Crippen LogP contribution in [0.25, 0.3) is 0 Å². The lowest BCUT2D eigenvalue weighted by Gasteiger charge is -2.54. The van der Waals surface area contributed by atoms with E-state index in [9.17, 15) is 0 Å². The largest absolute Gasteiger partial charge is 0.486 e. The summed E-state index contributed by atoms with van der Waals surface area (Å²) in [7, 11) is 0. The van der Waals surface area contributed by atoms with Crippen LogP contribution >= 0.6 is 11.6 Å². The maximum atomic E-state index is 6.87. The van der Waals surface area contributed by atoms with E-state index in [1.807, 2.05) is 0 Å².